The first kappa shape index (κ1) is 7.59. The van der Waals surface area contributed by atoms with Gasteiger partial charge in [0.1, 0.15) is 0 Å². The van der Waals surface area contributed by atoms with Gasteiger partial charge in [-0.3, -0.25) is 4.79 Å². The van der Waals surface area contributed by atoms with Crippen LogP contribution < -0.4 is 0 Å². The number of rotatable bonds is 1. The first-order chi connectivity index (χ1) is 5.79. The zero-order chi connectivity index (χ0) is 8.55. The fourth-order valence-corrected chi connectivity index (χ4v) is 1.92. The summed E-state index contributed by atoms with van der Waals surface area (Å²) in [7, 11) is 0. The van der Waals surface area contributed by atoms with E-state index in [1.54, 1.807) is 6.92 Å². The zero-order valence-electron chi connectivity index (χ0n) is 7.31. The maximum atomic E-state index is 11.2. The van der Waals surface area contributed by atoms with Crippen LogP contribution in [-0.4, -0.2) is 10.8 Å². The summed E-state index contributed by atoms with van der Waals surface area (Å²) in [5.74, 6) is 0.189. The molecular formula is C10H13NO. The van der Waals surface area contributed by atoms with E-state index in [9.17, 15) is 4.79 Å². The van der Waals surface area contributed by atoms with Gasteiger partial charge in [0, 0.05) is 17.5 Å². The Hall–Kier alpha value is -1.05. The van der Waals surface area contributed by atoms with Gasteiger partial charge in [-0.05, 0) is 38.2 Å². The number of carbonyl (C=O) groups is 1. The molecule has 64 valence electrons. The van der Waals surface area contributed by atoms with Gasteiger partial charge in [-0.15, -0.1) is 0 Å². The predicted octanol–water partition coefficient (Wildman–Crippen LogP) is 2.10. The van der Waals surface area contributed by atoms with E-state index in [0.29, 0.717) is 0 Å². The lowest BCUT2D eigenvalue weighted by atomic mass is 9.94. The van der Waals surface area contributed by atoms with Crippen molar-refractivity contribution in [3.8, 4) is 0 Å². The van der Waals surface area contributed by atoms with E-state index in [2.05, 4.69) is 4.98 Å². The van der Waals surface area contributed by atoms with Gasteiger partial charge < -0.3 is 4.98 Å². The standard InChI is InChI=1S/C10H13NO/c1-7(12)9-6-11-10-5-3-2-4-8(9)10/h6,11H,2-5H2,1H3. The lowest BCUT2D eigenvalue weighted by Crippen LogP contribution is -2.04. The molecule has 0 aromatic carbocycles. The average Bonchev–Trinajstić information content (AvgIpc) is 2.47. The molecule has 0 amide bonds. The minimum absolute atomic E-state index is 0.189. The van der Waals surface area contributed by atoms with Crippen LogP contribution in [0.25, 0.3) is 0 Å². The number of carbonyl (C=O) groups excluding carboxylic acids is 1. The summed E-state index contributed by atoms with van der Waals surface area (Å²) in [6, 6.07) is 0. The van der Waals surface area contributed by atoms with E-state index in [4.69, 9.17) is 0 Å². The van der Waals surface area contributed by atoms with Crippen molar-refractivity contribution in [2.24, 2.45) is 0 Å². The van der Waals surface area contributed by atoms with Crippen molar-refractivity contribution in [3.63, 3.8) is 0 Å². The molecule has 0 unspecified atom stereocenters. The minimum atomic E-state index is 0.189. The van der Waals surface area contributed by atoms with Crippen LogP contribution >= 0.6 is 0 Å². The molecule has 2 nitrogen and oxygen atoms in total. The summed E-state index contributed by atoms with van der Waals surface area (Å²) in [5, 5.41) is 0. The number of aryl methyl sites for hydroxylation is 1. The molecule has 1 aromatic rings. The Kier molecular flexibility index (Phi) is 1.75. The highest BCUT2D eigenvalue weighted by molar-refractivity contribution is 5.95. The van der Waals surface area contributed by atoms with Crippen molar-refractivity contribution < 1.29 is 4.79 Å². The highest BCUT2D eigenvalue weighted by Crippen LogP contribution is 2.23. The number of nitrogens with one attached hydrogen (secondary N) is 1. The Labute approximate surface area is 72.0 Å². The topological polar surface area (TPSA) is 32.9 Å². The van der Waals surface area contributed by atoms with Gasteiger partial charge in [0.25, 0.3) is 0 Å². The lowest BCUT2D eigenvalue weighted by molar-refractivity contribution is 0.101. The molecule has 0 saturated heterocycles. The molecule has 0 spiro atoms. The molecule has 0 radical (unpaired) electrons. The highest BCUT2D eigenvalue weighted by atomic mass is 16.1. The molecule has 0 atom stereocenters. The maximum absolute atomic E-state index is 11.2. The van der Waals surface area contributed by atoms with Gasteiger partial charge in [0.2, 0.25) is 0 Å². The number of ketones is 1. The van der Waals surface area contributed by atoms with Crippen LogP contribution in [-0.2, 0) is 12.8 Å². The largest absolute Gasteiger partial charge is 0.364 e. The number of aromatic nitrogens is 1. The monoisotopic (exact) mass is 163 g/mol. The SMILES string of the molecule is CC(=O)c1c[nH]c2c1CCCC2. The van der Waals surface area contributed by atoms with Crippen LogP contribution in [0.3, 0.4) is 0 Å². The van der Waals surface area contributed by atoms with E-state index < -0.39 is 0 Å². The summed E-state index contributed by atoms with van der Waals surface area (Å²) in [5.41, 5.74) is 3.46. The van der Waals surface area contributed by atoms with E-state index in [1.807, 2.05) is 6.20 Å². The van der Waals surface area contributed by atoms with Crippen LogP contribution in [0, 0.1) is 0 Å². The van der Waals surface area contributed by atoms with Crippen molar-refractivity contribution in [1.82, 2.24) is 4.98 Å². The highest BCUT2D eigenvalue weighted by Gasteiger charge is 2.16. The molecule has 0 bridgehead atoms. The van der Waals surface area contributed by atoms with Gasteiger partial charge in [0.15, 0.2) is 5.78 Å². The Morgan fingerprint density at radius 2 is 2.17 bits per heavy atom. The Bertz CT molecular complexity index is 312. The Morgan fingerprint density at radius 3 is 2.92 bits per heavy atom. The van der Waals surface area contributed by atoms with Crippen molar-refractivity contribution in [1.29, 1.82) is 0 Å². The van der Waals surface area contributed by atoms with Crippen molar-refractivity contribution in [2.75, 3.05) is 0 Å². The molecule has 0 fully saturated rings. The van der Waals surface area contributed by atoms with Crippen molar-refractivity contribution in [3.05, 3.63) is 23.0 Å². The van der Waals surface area contributed by atoms with Gasteiger partial charge in [-0.2, -0.15) is 0 Å². The number of hydrogen-bond donors (Lipinski definition) is 1. The Balaban J connectivity index is 2.44. The normalized spacial score (nSPS) is 15.8. The molecule has 1 heterocycles. The molecule has 1 N–H and O–H groups in total. The third-order valence-electron chi connectivity index (χ3n) is 2.56. The number of fused-ring (bicyclic) bond motifs is 1. The summed E-state index contributed by atoms with van der Waals surface area (Å²) >= 11 is 0. The van der Waals surface area contributed by atoms with Crippen molar-refractivity contribution >= 4 is 5.78 Å². The first-order valence-electron chi connectivity index (χ1n) is 4.49. The van der Waals surface area contributed by atoms with Crippen LogP contribution in [0.15, 0.2) is 6.20 Å². The average molecular weight is 163 g/mol. The minimum Gasteiger partial charge on any atom is -0.364 e. The van der Waals surface area contributed by atoms with Crippen LogP contribution in [0.4, 0.5) is 0 Å². The second-order valence-electron chi connectivity index (χ2n) is 3.42. The number of H-pyrrole nitrogens is 1. The molecule has 2 heteroatoms. The summed E-state index contributed by atoms with van der Waals surface area (Å²) < 4.78 is 0. The molecule has 1 aromatic heterocycles. The van der Waals surface area contributed by atoms with E-state index >= 15 is 0 Å². The molecular weight excluding hydrogens is 150 g/mol. The summed E-state index contributed by atoms with van der Waals surface area (Å²) in [6.07, 6.45) is 6.53. The van der Waals surface area contributed by atoms with Crippen LogP contribution in [0.2, 0.25) is 0 Å². The number of Topliss-reactive ketones (excluding diaryl/α,β-unsaturated/α-hetero) is 1. The van der Waals surface area contributed by atoms with Crippen molar-refractivity contribution in [2.45, 2.75) is 32.6 Å². The molecule has 0 aliphatic heterocycles. The van der Waals surface area contributed by atoms with E-state index in [1.165, 1.54) is 24.1 Å². The lowest BCUT2D eigenvalue weighted by Gasteiger charge is -2.11. The van der Waals surface area contributed by atoms with Gasteiger partial charge in [-0.25, -0.2) is 0 Å². The third kappa shape index (κ3) is 1.07. The Morgan fingerprint density at radius 1 is 1.42 bits per heavy atom. The summed E-state index contributed by atoms with van der Waals surface area (Å²) in [4.78, 5) is 14.3. The second kappa shape index (κ2) is 2.77. The maximum Gasteiger partial charge on any atom is 0.161 e. The van der Waals surface area contributed by atoms with Crippen LogP contribution in [0.1, 0.15) is 41.4 Å². The quantitative estimate of drug-likeness (QED) is 0.632. The molecule has 12 heavy (non-hydrogen) atoms. The molecule has 1 aliphatic rings. The predicted molar refractivity (Wildman–Crippen MR) is 47.4 cm³/mol. The van der Waals surface area contributed by atoms with E-state index in [0.717, 1.165) is 18.4 Å². The fourth-order valence-electron chi connectivity index (χ4n) is 1.92. The molecule has 2 rings (SSSR count). The van der Waals surface area contributed by atoms with Gasteiger partial charge in [-0.1, -0.05) is 0 Å². The zero-order valence-corrected chi connectivity index (χ0v) is 7.31. The fraction of sp³-hybridized carbons (Fsp3) is 0.500. The number of hydrogen-bond acceptors (Lipinski definition) is 1. The third-order valence-corrected chi connectivity index (χ3v) is 2.56. The number of aromatic amines is 1. The first-order valence-corrected chi connectivity index (χ1v) is 4.49. The molecule has 1 aliphatic carbocycles. The summed E-state index contributed by atoms with van der Waals surface area (Å²) in [6.45, 7) is 1.64. The van der Waals surface area contributed by atoms with Gasteiger partial charge >= 0.3 is 0 Å². The van der Waals surface area contributed by atoms with Gasteiger partial charge in [0.05, 0.1) is 0 Å². The van der Waals surface area contributed by atoms with Crippen LogP contribution in [0.5, 0.6) is 0 Å². The second-order valence-corrected chi connectivity index (χ2v) is 3.42. The van der Waals surface area contributed by atoms with E-state index in [-0.39, 0.29) is 5.78 Å². The molecule has 0 saturated carbocycles. The smallest absolute Gasteiger partial charge is 0.161 e.